The Balaban J connectivity index is 2.51. The van der Waals surface area contributed by atoms with Crippen LogP contribution in [0.25, 0.3) is 0 Å². The van der Waals surface area contributed by atoms with Gasteiger partial charge in [0.1, 0.15) is 0 Å². The van der Waals surface area contributed by atoms with Crippen molar-refractivity contribution < 1.29 is 17.7 Å². The summed E-state index contributed by atoms with van der Waals surface area (Å²) in [7, 11) is 0.990. The summed E-state index contributed by atoms with van der Waals surface area (Å²) in [5, 5.41) is 0. The van der Waals surface area contributed by atoms with E-state index in [4.69, 9.17) is 17.7 Å². The second-order valence-corrected chi connectivity index (χ2v) is 12.3. The molecule has 0 bridgehead atoms. The van der Waals surface area contributed by atoms with Crippen LogP contribution in [-0.2, 0) is 17.7 Å². The van der Waals surface area contributed by atoms with Crippen molar-refractivity contribution in [2.75, 3.05) is 41.0 Å². The molecule has 1 saturated heterocycles. The Hall–Kier alpha value is 0.234. The van der Waals surface area contributed by atoms with Crippen molar-refractivity contribution in [3.05, 3.63) is 0 Å². The topological polar surface area (TPSA) is 40.2 Å². The van der Waals surface area contributed by atoms with Crippen LogP contribution in [0.5, 0.6) is 0 Å². The van der Waals surface area contributed by atoms with Gasteiger partial charge in [0, 0.05) is 34.0 Å². The van der Waals surface area contributed by atoms with Gasteiger partial charge < -0.3 is 22.3 Å². The summed E-state index contributed by atoms with van der Waals surface area (Å²) < 4.78 is 25.3. The lowest BCUT2D eigenvalue weighted by atomic mass is 10.4. The van der Waals surface area contributed by atoms with Gasteiger partial charge in [-0.3, -0.25) is 0 Å². The van der Waals surface area contributed by atoms with Gasteiger partial charge in [0.2, 0.25) is 0 Å². The van der Waals surface area contributed by atoms with Crippen LogP contribution in [0.1, 0.15) is 26.7 Å². The van der Waals surface area contributed by atoms with E-state index >= 15 is 0 Å². The first kappa shape index (κ1) is 18.3. The van der Waals surface area contributed by atoms with E-state index in [1.165, 1.54) is 25.1 Å². The minimum Gasteiger partial charge on any atom is -0.403 e. The Kier molecular flexibility index (Phi) is 7.88. The summed E-state index contributed by atoms with van der Waals surface area (Å²) >= 11 is 0. The van der Waals surface area contributed by atoms with E-state index in [1.807, 2.05) is 0 Å². The molecule has 0 aromatic rings. The van der Waals surface area contributed by atoms with Crippen LogP contribution in [0.4, 0.5) is 0 Å². The Morgan fingerprint density at radius 2 is 1.75 bits per heavy atom. The molecule has 0 saturated carbocycles. The quantitative estimate of drug-likeness (QED) is 0.578. The van der Waals surface area contributed by atoms with Crippen molar-refractivity contribution in [3.8, 4) is 0 Å². The highest BCUT2D eigenvalue weighted by atomic mass is 28.4. The summed E-state index contributed by atoms with van der Waals surface area (Å²) in [6, 6.07) is 3.33. The fourth-order valence-corrected chi connectivity index (χ4v) is 8.93. The van der Waals surface area contributed by atoms with Gasteiger partial charge in [-0.2, -0.15) is 0 Å². The summed E-state index contributed by atoms with van der Waals surface area (Å²) in [5.74, 6) is 0. The predicted molar refractivity (Wildman–Crippen MR) is 85.1 cm³/mol. The Labute approximate surface area is 126 Å². The Morgan fingerprint density at radius 3 is 2.25 bits per heavy atom. The van der Waals surface area contributed by atoms with Gasteiger partial charge in [0.25, 0.3) is 8.48 Å². The summed E-state index contributed by atoms with van der Waals surface area (Å²) in [4.78, 5) is 0. The molecule has 1 aliphatic heterocycles. The smallest absolute Gasteiger partial charge is 0.403 e. The summed E-state index contributed by atoms with van der Waals surface area (Å²) in [6.07, 6.45) is 2.32. The lowest BCUT2D eigenvalue weighted by Crippen LogP contribution is -2.52. The summed E-state index contributed by atoms with van der Waals surface area (Å²) in [6.45, 7) is 7.48. The van der Waals surface area contributed by atoms with Crippen LogP contribution >= 0.6 is 0 Å². The van der Waals surface area contributed by atoms with Crippen LogP contribution in [0.3, 0.4) is 0 Å². The average molecular weight is 322 g/mol. The highest BCUT2D eigenvalue weighted by Crippen LogP contribution is 2.31. The van der Waals surface area contributed by atoms with E-state index in [2.05, 4.69) is 18.4 Å². The van der Waals surface area contributed by atoms with E-state index in [0.717, 1.165) is 25.6 Å². The molecule has 0 aromatic carbocycles. The van der Waals surface area contributed by atoms with Crippen molar-refractivity contribution in [3.63, 3.8) is 0 Å². The molecule has 0 N–H and O–H groups in total. The highest BCUT2D eigenvalue weighted by molar-refractivity contribution is 6.71. The molecule has 120 valence electrons. The molecule has 5 nitrogen and oxygen atoms in total. The lowest BCUT2D eigenvalue weighted by Gasteiger charge is -2.35. The molecule has 1 aliphatic rings. The van der Waals surface area contributed by atoms with Gasteiger partial charge in [0.15, 0.2) is 0 Å². The van der Waals surface area contributed by atoms with E-state index in [0.29, 0.717) is 0 Å². The maximum absolute atomic E-state index is 6.20. The van der Waals surface area contributed by atoms with Crippen molar-refractivity contribution in [1.29, 1.82) is 0 Å². The minimum absolute atomic E-state index is 0.837. The van der Waals surface area contributed by atoms with Crippen molar-refractivity contribution >= 4 is 17.3 Å². The molecule has 0 aromatic heterocycles. The molecule has 1 rings (SSSR count). The molecule has 1 unspecified atom stereocenters. The fourth-order valence-electron chi connectivity index (χ4n) is 3.20. The summed E-state index contributed by atoms with van der Waals surface area (Å²) in [5.41, 5.74) is 0. The molecule has 0 radical (unpaired) electrons. The zero-order valence-corrected chi connectivity index (χ0v) is 15.7. The number of rotatable bonds is 10. The molecule has 1 atom stereocenters. The molecule has 1 heterocycles. The van der Waals surface area contributed by atoms with Gasteiger partial charge in [0.05, 0.1) is 0 Å². The molecule has 0 amide bonds. The predicted octanol–water partition coefficient (Wildman–Crippen LogP) is 2.46. The molecule has 0 spiro atoms. The molecule has 20 heavy (non-hydrogen) atoms. The Morgan fingerprint density at radius 1 is 1.10 bits per heavy atom. The van der Waals surface area contributed by atoms with E-state index < -0.39 is 17.3 Å². The third kappa shape index (κ3) is 4.12. The zero-order chi connectivity index (χ0) is 15.1. The van der Waals surface area contributed by atoms with Crippen molar-refractivity contribution in [2.45, 2.75) is 44.8 Å². The number of hydrogen-bond donors (Lipinski definition) is 0. The van der Waals surface area contributed by atoms with Gasteiger partial charge in [-0.15, -0.1) is 0 Å². The first-order valence-electron chi connectivity index (χ1n) is 7.66. The first-order chi connectivity index (χ1) is 9.62. The largest absolute Gasteiger partial charge is 0.500 e. The van der Waals surface area contributed by atoms with Crippen LogP contribution < -0.4 is 0 Å². The van der Waals surface area contributed by atoms with Crippen molar-refractivity contribution in [1.82, 2.24) is 4.57 Å². The van der Waals surface area contributed by atoms with Gasteiger partial charge >= 0.3 is 8.80 Å². The lowest BCUT2D eigenvalue weighted by molar-refractivity contribution is 0.122. The van der Waals surface area contributed by atoms with Crippen LogP contribution in [-0.4, -0.2) is 62.9 Å². The standard InChI is InChI=1S/C13H31NO4Si2/c1-6-18-19(7-2)12-8-10-14(19)11-9-13-20(15-3,16-4)17-5/h6-13H2,1-5H3. The molecule has 7 heteroatoms. The van der Waals surface area contributed by atoms with E-state index in [1.54, 1.807) is 21.3 Å². The molecular weight excluding hydrogens is 290 g/mol. The van der Waals surface area contributed by atoms with E-state index in [9.17, 15) is 0 Å². The van der Waals surface area contributed by atoms with Crippen LogP contribution in [0.2, 0.25) is 18.1 Å². The molecule has 1 fully saturated rings. The normalized spacial score (nSPS) is 24.4. The monoisotopic (exact) mass is 321 g/mol. The first-order valence-corrected chi connectivity index (χ1v) is 11.9. The fraction of sp³-hybridized carbons (Fsp3) is 1.00. The van der Waals surface area contributed by atoms with Gasteiger partial charge in [-0.25, -0.2) is 0 Å². The maximum atomic E-state index is 6.20. The third-order valence-corrected chi connectivity index (χ3v) is 11.9. The highest BCUT2D eigenvalue weighted by Gasteiger charge is 2.44. The zero-order valence-electron chi connectivity index (χ0n) is 13.7. The SMILES string of the molecule is CCO[Si]1(CC)CCCN1CCC[Si](OC)(OC)OC. The van der Waals surface area contributed by atoms with Crippen LogP contribution in [0.15, 0.2) is 0 Å². The van der Waals surface area contributed by atoms with Gasteiger partial charge in [-0.1, -0.05) is 6.92 Å². The maximum Gasteiger partial charge on any atom is 0.500 e. The minimum atomic E-state index is -2.42. The van der Waals surface area contributed by atoms with Crippen LogP contribution in [0, 0.1) is 0 Å². The third-order valence-electron chi connectivity index (χ3n) is 4.38. The second-order valence-electron chi connectivity index (χ2n) is 5.22. The second kappa shape index (κ2) is 8.62. The average Bonchev–Trinajstić information content (AvgIpc) is 2.88. The van der Waals surface area contributed by atoms with E-state index in [-0.39, 0.29) is 0 Å². The van der Waals surface area contributed by atoms with Crippen molar-refractivity contribution in [2.24, 2.45) is 0 Å². The molecular formula is C13H31NO4Si2. The number of hydrogen-bond acceptors (Lipinski definition) is 5. The van der Waals surface area contributed by atoms with Gasteiger partial charge in [-0.05, 0) is 44.9 Å². The number of nitrogens with zero attached hydrogens (tertiary/aromatic N) is 1. The molecule has 0 aliphatic carbocycles. The Bertz CT molecular complexity index is 271.